The Labute approximate surface area is 106 Å². The highest BCUT2D eigenvalue weighted by Gasteiger charge is 1.89. The Bertz CT molecular complexity index is 154. The molecular formula is C10H21O8-. The van der Waals surface area contributed by atoms with E-state index in [-0.39, 0.29) is 13.2 Å². The Balaban J connectivity index is 0. The zero-order valence-electron chi connectivity index (χ0n) is 10.5. The van der Waals surface area contributed by atoms with Gasteiger partial charge in [-0.2, -0.15) is 0 Å². The lowest BCUT2D eigenvalue weighted by molar-refractivity contribution is -0.279. The van der Waals surface area contributed by atoms with Crippen LogP contribution in [0.25, 0.3) is 0 Å². The van der Waals surface area contributed by atoms with Gasteiger partial charge in [-0.3, -0.25) is 0 Å². The molecule has 110 valence electrons. The summed E-state index contributed by atoms with van der Waals surface area (Å²) in [5.41, 5.74) is 0. The molecule has 0 atom stereocenters. The summed E-state index contributed by atoms with van der Waals surface area (Å²) >= 11 is 0. The minimum Gasteiger partial charge on any atom is -0.553 e. The predicted octanol–water partition coefficient (Wildman–Crippen LogP) is -2.00. The summed E-state index contributed by atoms with van der Waals surface area (Å²) in [6.45, 7) is 2.76. The molecule has 0 heterocycles. The van der Waals surface area contributed by atoms with Crippen molar-refractivity contribution in [2.75, 3.05) is 60.0 Å². The molecule has 0 rings (SSSR count). The van der Waals surface area contributed by atoms with Gasteiger partial charge in [0.15, 0.2) is 0 Å². The standard InChI is InChI=1S/C8H18O5.C2H4O3/c9-1-3-11-5-7-13-8-6-12-4-2-10;1-5-2(3)4/h9-10H,1-8H2;1H3,(H,3,4)/p-1. The molecule has 0 radical (unpaired) electrons. The van der Waals surface area contributed by atoms with Crippen molar-refractivity contribution in [1.29, 1.82) is 0 Å². The van der Waals surface area contributed by atoms with E-state index >= 15 is 0 Å². The first-order valence-corrected chi connectivity index (χ1v) is 5.39. The summed E-state index contributed by atoms with van der Waals surface area (Å²) in [5.74, 6) is 0. The van der Waals surface area contributed by atoms with Crippen molar-refractivity contribution >= 4 is 6.16 Å². The van der Waals surface area contributed by atoms with Gasteiger partial charge in [-0.25, -0.2) is 0 Å². The Morgan fingerprint density at radius 2 is 1.17 bits per heavy atom. The molecule has 8 nitrogen and oxygen atoms in total. The first-order chi connectivity index (χ1) is 8.68. The summed E-state index contributed by atoms with van der Waals surface area (Å²) in [5, 5.41) is 25.7. The van der Waals surface area contributed by atoms with Crippen molar-refractivity contribution in [1.82, 2.24) is 0 Å². The molecule has 0 aromatic carbocycles. The zero-order valence-corrected chi connectivity index (χ0v) is 10.5. The molecule has 0 unspecified atom stereocenters. The van der Waals surface area contributed by atoms with Gasteiger partial charge in [0.25, 0.3) is 6.16 Å². The molecule has 0 spiro atoms. The van der Waals surface area contributed by atoms with Gasteiger partial charge in [0, 0.05) is 7.11 Å². The van der Waals surface area contributed by atoms with Crippen LogP contribution in [0.3, 0.4) is 0 Å². The fourth-order valence-corrected chi connectivity index (χ4v) is 0.671. The van der Waals surface area contributed by atoms with Crippen molar-refractivity contribution < 1.29 is 39.1 Å². The molecule has 2 N–H and O–H groups in total. The number of rotatable bonds is 10. The molecule has 0 aliphatic carbocycles. The third-order valence-electron chi connectivity index (χ3n) is 1.38. The van der Waals surface area contributed by atoms with Crippen LogP contribution >= 0.6 is 0 Å². The molecule has 0 saturated heterocycles. The zero-order chi connectivity index (χ0) is 14.1. The Kier molecular flexibility index (Phi) is 19.9. The molecule has 0 aliphatic rings. The van der Waals surface area contributed by atoms with Crippen LogP contribution in [0.1, 0.15) is 0 Å². The van der Waals surface area contributed by atoms with E-state index < -0.39 is 6.16 Å². The number of methoxy groups -OCH3 is 1. The maximum absolute atomic E-state index is 9.03. The van der Waals surface area contributed by atoms with Crippen LogP contribution in [-0.2, 0) is 18.9 Å². The van der Waals surface area contributed by atoms with Crippen molar-refractivity contribution in [3.8, 4) is 0 Å². The third kappa shape index (κ3) is 24.3. The van der Waals surface area contributed by atoms with Crippen LogP contribution < -0.4 is 5.11 Å². The monoisotopic (exact) mass is 269 g/mol. The van der Waals surface area contributed by atoms with Crippen molar-refractivity contribution in [2.24, 2.45) is 0 Å². The summed E-state index contributed by atoms with van der Waals surface area (Å²) in [6, 6.07) is 0. The SMILES string of the molecule is COC(=O)[O-].OCCOCCOCCOCCO. The number of carbonyl (C=O) groups excluding carboxylic acids is 1. The number of aliphatic hydroxyl groups excluding tert-OH is 2. The van der Waals surface area contributed by atoms with Crippen LogP contribution in [0.15, 0.2) is 0 Å². The van der Waals surface area contributed by atoms with E-state index in [0.717, 1.165) is 7.11 Å². The number of aliphatic hydroxyl groups is 2. The molecule has 0 fully saturated rings. The van der Waals surface area contributed by atoms with Crippen LogP contribution in [0.2, 0.25) is 0 Å². The fourth-order valence-electron chi connectivity index (χ4n) is 0.671. The highest BCUT2D eigenvalue weighted by atomic mass is 16.6. The second-order valence-electron chi connectivity index (χ2n) is 2.74. The van der Waals surface area contributed by atoms with Gasteiger partial charge in [0.05, 0.1) is 52.9 Å². The fraction of sp³-hybridized carbons (Fsp3) is 0.900. The van der Waals surface area contributed by atoms with Gasteiger partial charge in [-0.1, -0.05) is 0 Å². The lowest BCUT2D eigenvalue weighted by Crippen LogP contribution is -2.21. The van der Waals surface area contributed by atoms with E-state index in [2.05, 4.69) is 4.74 Å². The lowest BCUT2D eigenvalue weighted by atomic mass is 10.7. The predicted molar refractivity (Wildman–Crippen MR) is 59.0 cm³/mol. The van der Waals surface area contributed by atoms with Crippen LogP contribution in [0.5, 0.6) is 0 Å². The van der Waals surface area contributed by atoms with Crippen LogP contribution in [0, 0.1) is 0 Å². The van der Waals surface area contributed by atoms with Crippen LogP contribution in [-0.4, -0.2) is 76.3 Å². The molecule has 0 aromatic rings. The maximum Gasteiger partial charge on any atom is 0.251 e. The number of hydrogen-bond acceptors (Lipinski definition) is 8. The summed E-state index contributed by atoms with van der Waals surface area (Å²) < 4.78 is 18.6. The molecule has 0 amide bonds. The van der Waals surface area contributed by atoms with Crippen molar-refractivity contribution in [3.63, 3.8) is 0 Å². The lowest BCUT2D eigenvalue weighted by Gasteiger charge is -2.04. The van der Waals surface area contributed by atoms with Crippen LogP contribution in [0.4, 0.5) is 4.79 Å². The highest BCUT2D eigenvalue weighted by Crippen LogP contribution is 1.80. The first kappa shape index (κ1) is 19.4. The average Bonchev–Trinajstić information content (AvgIpc) is 2.37. The first-order valence-electron chi connectivity index (χ1n) is 5.39. The minimum absolute atomic E-state index is 0.0413. The minimum atomic E-state index is -1.50. The van der Waals surface area contributed by atoms with E-state index in [1.165, 1.54) is 0 Å². The quantitative estimate of drug-likeness (QED) is 0.345. The summed E-state index contributed by atoms with van der Waals surface area (Å²) in [6.07, 6.45) is -1.50. The van der Waals surface area contributed by atoms with Gasteiger partial charge < -0.3 is 39.1 Å². The van der Waals surface area contributed by atoms with Crippen molar-refractivity contribution in [3.05, 3.63) is 0 Å². The Hall–Kier alpha value is -0.930. The number of hydrogen-bond donors (Lipinski definition) is 2. The van der Waals surface area contributed by atoms with Crippen molar-refractivity contribution in [2.45, 2.75) is 0 Å². The van der Waals surface area contributed by atoms with E-state index in [1.807, 2.05) is 0 Å². The van der Waals surface area contributed by atoms with Gasteiger partial charge >= 0.3 is 0 Å². The molecule has 8 heteroatoms. The summed E-state index contributed by atoms with van der Waals surface area (Å²) in [4.78, 5) is 9.03. The normalized spacial score (nSPS) is 9.50. The average molecular weight is 269 g/mol. The van der Waals surface area contributed by atoms with Gasteiger partial charge in [0.1, 0.15) is 0 Å². The number of ether oxygens (including phenoxy) is 4. The maximum atomic E-state index is 9.03. The molecule has 0 aliphatic heterocycles. The van der Waals surface area contributed by atoms with E-state index in [0.29, 0.717) is 39.6 Å². The van der Waals surface area contributed by atoms with E-state index in [9.17, 15) is 0 Å². The smallest absolute Gasteiger partial charge is 0.251 e. The Morgan fingerprint density at radius 3 is 1.39 bits per heavy atom. The molecular weight excluding hydrogens is 248 g/mol. The van der Waals surface area contributed by atoms with Gasteiger partial charge in [-0.15, -0.1) is 0 Å². The second-order valence-corrected chi connectivity index (χ2v) is 2.74. The number of carboxylic acid groups (broad SMARTS) is 1. The molecule has 0 bridgehead atoms. The highest BCUT2D eigenvalue weighted by molar-refractivity contribution is 5.53. The van der Waals surface area contributed by atoms with E-state index in [4.69, 9.17) is 34.3 Å². The molecule has 18 heavy (non-hydrogen) atoms. The second kappa shape index (κ2) is 18.4. The Morgan fingerprint density at radius 1 is 0.889 bits per heavy atom. The van der Waals surface area contributed by atoms with E-state index in [1.54, 1.807) is 0 Å². The third-order valence-corrected chi connectivity index (χ3v) is 1.38. The molecule has 0 saturated carbocycles. The molecule has 0 aromatic heterocycles. The van der Waals surface area contributed by atoms with Gasteiger partial charge in [0.2, 0.25) is 0 Å². The summed E-state index contributed by atoms with van der Waals surface area (Å²) in [7, 11) is 1.04. The van der Waals surface area contributed by atoms with Gasteiger partial charge in [-0.05, 0) is 0 Å². The number of carbonyl (C=O) groups is 1. The topological polar surface area (TPSA) is 118 Å². The largest absolute Gasteiger partial charge is 0.553 e.